The van der Waals surface area contributed by atoms with Crippen molar-refractivity contribution in [2.75, 3.05) is 0 Å². The summed E-state index contributed by atoms with van der Waals surface area (Å²) in [5.41, 5.74) is 9.40. The predicted octanol–water partition coefficient (Wildman–Crippen LogP) is 15.4. The first kappa shape index (κ1) is 47.2. The van der Waals surface area contributed by atoms with E-state index in [2.05, 4.69) is 96.2 Å². The second-order valence-electron chi connectivity index (χ2n) is 17.9. The van der Waals surface area contributed by atoms with Crippen LogP contribution < -0.4 is 3.27 Å². The summed E-state index contributed by atoms with van der Waals surface area (Å²) in [7, 11) is 0. The topological polar surface area (TPSA) is 0 Å². The summed E-state index contributed by atoms with van der Waals surface area (Å²) in [6.07, 6.45) is -2.04. The van der Waals surface area contributed by atoms with E-state index >= 15 is 0 Å². The van der Waals surface area contributed by atoms with Crippen LogP contribution in [0.5, 0.6) is 0 Å². The molecule has 0 unspecified atom stereocenters. The molecule has 0 radical (unpaired) electrons. The maximum Gasteiger partial charge on any atom is -0.147 e. The van der Waals surface area contributed by atoms with Crippen molar-refractivity contribution in [1.29, 1.82) is 0 Å². The van der Waals surface area contributed by atoms with Gasteiger partial charge >= 0.3 is 358 Å². The number of halogens is 8. The van der Waals surface area contributed by atoms with Crippen LogP contribution in [0.3, 0.4) is 0 Å². The van der Waals surface area contributed by atoms with Crippen LogP contribution in [0, 0.1) is 0 Å². The van der Waals surface area contributed by atoms with Gasteiger partial charge in [-0.2, -0.15) is 0 Å². The van der Waals surface area contributed by atoms with Crippen molar-refractivity contribution in [3.05, 3.63) is 193 Å². The molecule has 0 saturated carbocycles. The molecule has 0 aliphatic heterocycles. The predicted molar refractivity (Wildman–Crippen MR) is 245 cm³/mol. The molecule has 0 atom stereocenters. The molecular formula is C53H48Cl2F6Zr. The molecule has 0 spiro atoms. The van der Waals surface area contributed by atoms with Crippen molar-refractivity contribution in [2.24, 2.45) is 0 Å². The second kappa shape index (κ2) is 17.7. The Kier molecular flexibility index (Phi) is 13.5. The van der Waals surface area contributed by atoms with Crippen LogP contribution in [0.1, 0.15) is 92.5 Å². The van der Waals surface area contributed by atoms with E-state index in [-0.39, 0.29) is 30.2 Å². The molecule has 6 aromatic rings. The first-order chi connectivity index (χ1) is 28.3. The molecule has 0 bridgehead atoms. The van der Waals surface area contributed by atoms with Crippen molar-refractivity contribution in [2.45, 2.75) is 77.6 Å². The monoisotopic (exact) mass is 958 g/mol. The summed E-state index contributed by atoms with van der Waals surface area (Å²) in [6, 6.07) is 37.9. The fraction of sp³-hybridized carbons (Fsp3) is 0.226. The molecule has 6 aromatic carbocycles. The summed E-state index contributed by atoms with van der Waals surface area (Å²) in [5, 5.41) is 0. The molecule has 9 heteroatoms. The number of allylic oxidation sites excluding steroid dienone is 4. The third-order valence-corrected chi connectivity index (χ3v) is 19.4. The Labute approximate surface area is 380 Å². The van der Waals surface area contributed by atoms with Crippen molar-refractivity contribution < 1.29 is 47.6 Å². The molecule has 0 heterocycles. The van der Waals surface area contributed by atoms with E-state index in [1.54, 1.807) is 12.1 Å². The Morgan fingerprint density at radius 2 is 1.05 bits per heavy atom. The van der Waals surface area contributed by atoms with Gasteiger partial charge in [-0.15, -0.1) is 24.8 Å². The zero-order chi connectivity index (χ0) is 42.8. The van der Waals surface area contributed by atoms with Gasteiger partial charge in [-0.1, -0.05) is 0 Å². The first-order valence-corrected chi connectivity index (χ1v) is 23.9. The van der Waals surface area contributed by atoms with Crippen LogP contribution in [-0.2, 0) is 50.9 Å². The van der Waals surface area contributed by atoms with E-state index in [1.807, 2.05) is 42.5 Å². The van der Waals surface area contributed by atoms with Crippen LogP contribution >= 0.6 is 24.8 Å². The maximum absolute atomic E-state index is 14.6. The van der Waals surface area contributed by atoms with Gasteiger partial charge in [0.1, 0.15) is 0 Å². The van der Waals surface area contributed by atoms with Gasteiger partial charge in [0.15, 0.2) is 0 Å². The van der Waals surface area contributed by atoms with Crippen LogP contribution in [0.15, 0.2) is 149 Å². The summed E-state index contributed by atoms with van der Waals surface area (Å²) in [5.74, 6) is 0. The summed E-state index contributed by atoms with van der Waals surface area (Å²) >= 11 is -3.92. The third kappa shape index (κ3) is 9.19. The smallest absolute Gasteiger partial charge is 0.147 e. The Balaban J connectivity index is 0.00000321. The van der Waals surface area contributed by atoms with Gasteiger partial charge in [0.2, 0.25) is 0 Å². The number of benzene rings is 6. The van der Waals surface area contributed by atoms with Gasteiger partial charge < -0.3 is 0 Å². The molecule has 62 heavy (non-hydrogen) atoms. The Morgan fingerprint density at radius 3 is 1.53 bits per heavy atom. The van der Waals surface area contributed by atoms with E-state index < -0.39 is 50.2 Å². The number of hydrogen-bond donors (Lipinski definition) is 0. The zero-order valence-electron chi connectivity index (χ0n) is 35.4. The van der Waals surface area contributed by atoms with Gasteiger partial charge in [-0.25, -0.2) is 0 Å². The summed E-state index contributed by atoms with van der Waals surface area (Å²) in [4.78, 5) is 0. The summed E-state index contributed by atoms with van der Waals surface area (Å²) in [6.45, 7) is 13.2. The average molecular weight is 961 g/mol. The molecule has 0 amide bonds. The van der Waals surface area contributed by atoms with Gasteiger partial charge in [0.25, 0.3) is 0 Å². The van der Waals surface area contributed by atoms with Crippen molar-refractivity contribution >= 4 is 31.3 Å². The van der Waals surface area contributed by atoms with Crippen molar-refractivity contribution in [1.82, 2.24) is 0 Å². The fourth-order valence-corrected chi connectivity index (χ4v) is 17.3. The quantitative estimate of drug-likeness (QED) is 0.146. The Bertz CT molecular complexity index is 2670. The summed E-state index contributed by atoms with van der Waals surface area (Å²) < 4.78 is 90.3. The van der Waals surface area contributed by atoms with Crippen molar-refractivity contribution in [3.63, 3.8) is 0 Å². The minimum absolute atomic E-state index is 0. The minimum Gasteiger partial charge on any atom is -0.147 e. The number of hydrogen-bond acceptors (Lipinski definition) is 0. The molecule has 2 aliphatic carbocycles. The van der Waals surface area contributed by atoms with Crippen molar-refractivity contribution in [3.8, 4) is 33.4 Å². The fourth-order valence-electron chi connectivity index (χ4n) is 8.86. The van der Waals surface area contributed by atoms with E-state index in [9.17, 15) is 26.3 Å². The number of rotatable bonds is 6. The van der Waals surface area contributed by atoms with E-state index in [1.165, 1.54) is 17.7 Å². The van der Waals surface area contributed by atoms with E-state index in [4.69, 9.17) is 0 Å². The van der Waals surface area contributed by atoms with E-state index in [0.717, 1.165) is 80.9 Å². The molecule has 320 valence electrons. The van der Waals surface area contributed by atoms with Crippen LogP contribution in [0.4, 0.5) is 26.3 Å². The first-order valence-electron chi connectivity index (χ1n) is 20.3. The number of fused-ring (bicyclic) bond motifs is 3. The number of alkyl halides is 6. The maximum atomic E-state index is 14.6. The molecular weight excluding hydrogens is 913 g/mol. The Hall–Kier alpha value is -4.29. The van der Waals surface area contributed by atoms with Crippen LogP contribution in [0.2, 0.25) is 0 Å². The average Bonchev–Trinajstić information content (AvgIpc) is 3.87. The normalized spacial score (nSPS) is 13.5. The SMILES string of the molecule is CC(C)(C)c1cc2c(cc1-c1ccccc1)Cc1c-2cc(C(C)(C)C)c(-c2ccccc2)[c]1[Zr]([C]1=CC=CC1)=[C](c1cccc(C(F)(F)F)c1)c1cccc(C(F)(F)F)c1.Cl.Cl. The van der Waals surface area contributed by atoms with E-state index in [0.29, 0.717) is 27.2 Å². The molecule has 2 aliphatic rings. The third-order valence-electron chi connectivity index (χ3n) is 11.6. The molecule has 0 N–H and O–H groups in total. The van der Waals surface area contributed by atoms with Gasteiger partial charge in [0, 0.05) is 0 Å². The molecule has 0 saturated heterocycles. The minimum atomic E-state index is -4.65. The van der Waals surface area contributed by atoms with Gasteiger partial charge in [0.05, 0.1) is 0 Å². The van der Waals surface area contributed by atoms with Crippen LogP contribution in [-0.4, -0.2) is 3.21 Å². The van der Waals surface area contributed by atoms with Gasteiger partial charge in [-0.3, -0.25) is 0 Å². The molecule has 0 nitrogen and oxygen atoms in total. The molecule has 0 aromatic heterocycles. The van der Waals surface area contributed by atoms with Gasteiger partial charge in [-0.05, 0) is 0 Å². The van der Waals surface area contributed by atoms with Crippen LogP contribution in [0.25, 0.3) is 33.4 Å². The second-order valence-corrected chi connectivity index (χ2v) is 23.8. The zero-order valence-corrected chi connectivity index (χ0v) is 39.4. The molecule has 8 rings (SSSR count). The molecule has 0 fully saturated rings. The standard InChI is InChI=1S/C33H33.C15H8F6.C5H5.2ClH.Zr/c1-32(2,3)30-20-26-24(18-28(30)22-13-9-7-10-14-22)17-25-19-29(23-15-11-8-12-16-23)31(21-27(25)26)33(4,5)6;16-14(17,18)12-5-1-3-10(8-12)7-11-4-2-6-13(9-11)15(19,20)21;1-2-4-5-3-1;;;/h7-16,18,20-21H,17H2,1-6H3;1-6,8-9H;1-3H,4H2;2*1H;. The largest absolute Gasteiger partial charge is 0.147 e. The Morgan fingerprint density at radius 1 is 0.532 bits per heavy atom.